The van der Waals surface area contributed by atoms with E-state index in [0.717, 1.165) is 38.3 Å². The molecule has 1 amide bonds. The van der Waals surface area contributed by atoms with Gasteiger partial charge in [0, 0.05) is 38.1 Å². The Hall–Kier alpha value is -2.00. The number of fused-ring (bicyclic) bond motifs is 1. The Labute approximate surface area is 177 Å². The molecule has 160 valence electrons. The van der Waals surface area contributed by atoms with E-state index in [2.05, 4.69) is 36.2 Å². The number of halogens is 1. The molecule has 1 aliphatic heterocycles. The molecule has 1 saturated carbocycles. The van der Waals surface area contributed by atoms with Gasteiger partial charge in [0.2, 0.25) is 5.91 Å². The summed E-state index contributed by atoms with van der Waals surface area (Å²) in [7, 11) is 0. The van der Waals surface area contributed by atoms with Crippen molar-refractivity contribution >= 4 is 29.8 Å². The number of hydrogen-bond acceptors (Lipinski definition) is 7. The maximum Gasteiger partial charge on any atom is 0.223 e. The van der Waals surface area contributed by atoms with E-state index in [1.807, 2.05) is 12.1 Å². The third-order valence-electron chi connectivity index (χ3n) is 5.96. The van der Waals surface area contributed by atoms with Crippen LogP contribution in [-0.2, 0) is 4.79 Å². The summed E-state index contributed by atoms with van der Waals surface area (Å²) in [4.78, 5) is 14.7. The SMILES string of the molecule is Cl.O=C(NCCNC1CCCCCC1)C1CCN(c2ccc3nnnn3n2)CC1. The zero-order valence-corrected chi connectivity index (χ0v) is 17.6. The van der Waals surface area contributed by atoms with Crippen molar-refractivity contribution in [1.29, 1.82) is 0 Å². The van der Waals surface area contributed by atoms with E-state index in [-0.39, 0.29) is 24.2 Å². The van der Waals surface area contributed by atoms with Gasteiger partial charge in [-0.2, -0.15) is 0 Å². The standard InChI is InChI=1S/C19H30N8O.ClH/c28-19(21-12-11-20-16-5-3-1-2-4-6-16)15-9-13-26(14-10-15)18-8-7-17-22-24-25-27(17)23-18;/h7-8,15-16,20H,1-6,9-14H2,(H,21,28);1H. The number of hydrogen-bond donors (Lipinski definition) is 2. The summed E-state index contributed by atoms with van der Waals surface area (Å²) in [6.07, 6.45) is 9.64. The van der Waals surface area contributed by atoms with Crippen molar-refractivity contribution in [1.82, 2.24) is 35.9 Å². The fraction of sp³-hybridized carbons (Fsp3) is 0.737. The lowest BCUT2D eigenvalue weighted by molar-refractivity contribution is -0.125. The lowest BCUT2D eigenvalue weighted by atomic mass is 9.96. The predicted octanol–water partition coefficient (Wildman–Crippen LogP) is 1.59. The van der Waals surface area contributed by atoms with Crippen LogP contribution in [0.4, 0.5) is 5.82 Å². The maximum absolute atomic E-state index is 12.5. The number of nitrogens with one attached hydrogen (secondary N) is 2. The molecule has 2 fully saturated rings. The van der Waals surface area contributed by atoms with Crippen LogP contribution in [0.15, 0.2) is 12.1 Å². The van der Waals surface area contributed by atoms with Gasteiger partial charge in [-0.05, 0) is 48.2 Å². The van der Waals surface area contributed by atoms with Crippen LogP contribution in [0.1, 0.15) is 51.4 Å². The van der Waals surface area contributed by atoms with Crippen molar-refractivity contribution in [3.05, 3.63) is 12.1 Å². The van der Waals surface area contributed by atoms with Crippen molar-refractivity contribution in [2.24, 2.45) is 5.92 Å². The molecule has 0 spiro atoms. The fourth-order valence-corrected chi connectivity index (χ4v) is 4.27. The normalized spacial score (nSPS) is 19.0. The molecular weight excluding hydrogens is 392 g/mol. The summed E-state index contributed by atoms with van der Waals surface area (Å²) >= 11 is 0. The van der Waals surface area contributed by atoms with E-state index in [9.17, 15) is 4.79 Å². The number of aromatic nitrogens is 5. The first-order chi connectivity index (χ1) is 13.8. The molecule has 2 aromatic heterocycles. The molecule has 2 aliphatic rings. The number of amides is 1. The Morgan fingerprint density at radius 1 is 1.03 bits per heavy atom. The van der Waals surface area contributed by atoms with Crippen LogP contribution >= 0.6 is 12.4 Å². The second-order valence-corrected chi connectivity index (χ2v) is 7.91. The number of piperidine rings is 1. The van der Waals surface area contributed by atoms with Crippen molar-refractivity contribution in [3.8, 4) is 0 Å². The number of anilines is 1. The highest BCUT2D eigenvalue weighted by Gasteiger charge is 2.25. The largest absolute Gasteiger partial charge is 0.355 e. The highest BCUT2D eigenvalue weighted by molar-refractivity contribution is 5.85. The molecule has 4 rings (SSSR count). The minimum Gasteiger partial charge on any atom is -0.355 e. The van der Waals surface area contributed by atoms with Gasteiger partial charge in [0.25, 0.3) is 0 Å². The molecule has 9 nitrogen and oxygen atoms in total. The Kier molecular flexibility index (Phi) is 8.00. The third kappa shape index (κ3) is 5.76. The van der Waals surface area contributed by atoms with Gasteiger partial charge in [-0.1, -0.05) is 25.7 Å². The lowest BCUT2D eigenvalue weighted by Gasteiger charge is -2.31. The Morgan fingerprint density at radius 3 is 2.55 bits per heavy atom. The minimum absolute atomic E-state index is 0. The average molecular weight is 423 g/mol. The van der Waals surface area contributed by atoms with Crippen molar-refractivity contribution < 1.29 is 4.79 Å². The summed E-state index contributed by atoms with van der Waals surface area (Å²) in [5, 5.41) is 22.5. The van der Waals surface area contributed by atoms with E-state index < -0.39 is 0 Å². The van der Waals surface area contributed by atoms with Gasteiger partial charge in [0.05, 0.1) is 0 Å². The van der Waals surface area contributed by atoms with Gasteiger partial charge in [-0.15, -0.1) is 27.2 Å². The van der Waals surface area contributed by atoms with Crippen LogP contribution in [0.5, 0.6) is 0 Å². The van der Waals surface area contributed by atoms with Crippen molar-refractivity contribution in [2.45, 2.75) is 57.4 Å². The minimum atomic E-state index is 0. The van der Waals surface area contributed by atoms with E-state index >= 15 is 0 Å². The molecule has 0 unspecified atom stereocenters. The summed E-state index contributed by atoms with van der Waals surface area (Å²) < 4.78 is 1.44. The van der Waals surface area contributed by atoms with Crippen LogP contribution in [0.2, 0.25) is 0 Å². The van der Waals surface area contributed by atoms with Crippen molar-refractivity contribution in [2.75, 3.05) is 31.1 Å². The number of rotatable bonds is 6. The number of carbonyl (C=O) groups is 1. The molecule has 1 aliphatic carbocycles. The van der Waals surface area contributed by atoms with Gasteiger partial charge >= 0.3 is 0 Å². The van der Waals surface area contributed by atoms with Crippen LogP contribution in [-0.4, -0.2) is 63.4 Å². The second kappa shape index (κ2) is 10.7. The van der Waals surface area contributed by atoms with Gasteiger partial charge in [-0.25, -0.2) is 0 Å². The highest BCUT2D eigenvalue weighted by atomic mass is 35.5. The zero-order valence-electron chi connectivity index (χ0n) is 16.8. The molecule has 0 atom stereocenters. The number of tetrazole rings is 1. The van der Waals surface area contributed by atoms with Crippen LogP contribution < -0.4 is 15.5 Å². The summed E-state index contributed by atoms with van der Waals surface area (Å²) in [6.45, 7) is 3.22. The monoisotopic (exact) mass is 422 g/mol. The topological polar surface area (TPSA) is 100 Å². The fourth-order valence-electron chi connectivity index (χ4n) is 4.27. The molecule has 0 bridgehead atoms. The van der Waals surface area contributed by atoms with Crippen LogP contribution in [0, 0.1) is 5.92 Å². The first-order valence-corrected chi connectivity index (χ1v) is 10.6. The number of nitrogens with zero attached hydrogens (tertiary/aromatic N) is 6. The quantitative estimate of drug-likeness (QED) is 0.538. The molecule has 29 heavy (non-hydrogen) atoms. The first-order valence-electron chi connectivity index (χ1n) is 10.6. The molecule has 2 N–H and O–H groups in total. The maximum atomic E-state index is 12.5. The zero-order chi connectivity index (χ0) is 19.2. The molecule has 2 aromatic rings. The first kappa shape index (κ1) is 21.7. The average Bonchev–Trinajstić information content (AvgIpc) is 3.05. The van der Waals surface area contributed by atoms with E-state index in [1.54, 1.807) is 0 Å². The van der Waals surface area contributed by atoms with Gasteiger partial charge in [0.1, 0.15) is 0 Å². The van der Waals surface area contributed by atoms with Gasteiger partial charge in [-0.3, -0.25) is 4.79 Å². The Bertz CT molecular complexity index is 768. The highest BCUT2D eigenvalue weighted by Crippen LogP contribution is 2.22. The van der Waals surface area contributed by atoms with Gasteiger partial charge < -0.3 is 15.5 Å². The smallest absolute Gasteiger partial charge is 0.223 e. The second-order valence-electron chi connectivity index (χ2n) is 7.91. The van der Waals surface area contributed by atoms with Crippen LogP contribution in [0.25, 0.3) is 5.65 Å². The molecular formula is C19H31ClN8O. The Balaban J connectivity index is 0.00000240. The van der Waals surface area contributed by atoms with E-state index in [0.29, 0.717) is 18.2 Å². The van der Waals surface area contributed by atoms with E-state index in [1.165, 1.54) is 43.2 Å². The lowest BCUT2D eigenvalue weighted by Crippen LogP contribution is -2.43. The molecule has 0 radical (unpaired) electrons. The number of carbonyl (C=O) groups excluding carboxylic acids is 1. The summed E-state index contributed by atoms with van der Waals surface area (Å²) in [5.74, 6) is 1.13. The Morgan fingerprint density at radius 2 is 1.79 bits per heavy atom. The van der Waals surface area contributed by atoms with Gasteiger partial charge in [0.15, 0.2) is 11.5 Å². The molecule has 3 heterocycles. The summed E-state index contributed by atoms with van der Waals surface area (Å²) in [5.41, 5.74) is 0.635. The molecule has 10 heteroatoms. The van der Waals surface area contributed by atoms with E-state index in [4.69, 9.17) is 0 Å². The predicted molar refractivity (Wildman–Crippen MR) is 113 cm³/mol. The van der Waals surface area contributed by atoms with Crippen molar-refractivity contribution in [3.63, 3.8) is 0 Å². The summed E-state index contributed by atoms with van der Waals surface area (Å²) in [6, 6.07) is 4.43. The third-order valence-corrected chi connectivity index (χ3v) is 5.96. The molecule has 0 aromatic carbocycles. The van der Waals surface area contributed by atoms with Crippen LogP contribution in [0.3, 0.4) is 0 Å². The molecule has 1 saturated heterocycles.